The molecule has 2 heterocycles. The first-order valence-corrected chi connectivity index (χ1v) is 10.1. The summed E-state index contributed by atoms with van der Waals surface area (Å²) in [6.45, 7) is 7.10. The fraction of sp³-hybridized carbons (Fsp3) is 0.333. The third kappa shape index (κ3) is 3.76. The zero-order valence-electron chi connectivity index (χ0n) is 16.5. The van der Waals surface area contributed by atoms with Gasteiger partial charge in [0.15, 0.2) is 11.3 Å². The molecule has 3 rings (SSSR count). The van der Waals surface area contributed by atoms with E-state index in [0.29, 0.717) is 28.6 Å². The zero-order valence-corrected chi connectivity index (χ0v) is 18.1. The Bertz CT molecular complexity index is 1180. The number of para-hydroxylation sites is 1. The van der Waals surface area contributed by atoms with Crippen LogP contribution in [0.5, 0.6) is 5.75 Å². The molecule has 1 aromatic carbocycles. The second-order valence-corrected chi connectivity index (χ2v) is 7.57. The van der Waals surface area contributed by atoms with Gasteiger partial charge in [-0.1, -0.05) is 28.9 Å². The van der Waals surface area contributed by atoms with Crippen LogP contribution in [0.3, 0.4) is 0 Å². The number of nitrogens with zero attached hydrogens (tertiary/aromatic N) is 1. The number of rotatable bonds is 5. The summed E-state index contributed by atoms with van der Waals surface area (Å²) in [5.41, 5.74) is 0.966. The molecule has 0 aliphatic rings. The Morgan fingerprint density at radius 3 is 2.62 bits per heavy atom. The van der Waals surface area contributed by atoms with Crippen molar-refractivity contribution in [1.29, 1.82) is 0 Å². The highest BCUT2D eigenvalue weighted by atomic mass is 79.9. The lowest BCUT2D eigenvalue weighted by Crippen LogP contribution is -2.19. The van der Waals surface area contributed by atoms with E-state index < -0.39 is 22.4 Å². The summed E-state index contributed by atoms with van der Waals surface area (Å²) < 4.78 is 16.0. The first-order valence-electron chi connectivity index (χ1n) is 9.19. The van der Waals surface area contributed by atoms with Crippen molar-refractivity contribution in [2.45, 2.75) is 38.9 Å². The molecule has 0 aliphatic heterocycles. The van der Waals surface area contributed by atoms with E-state index in [1.165, 1.54) is 0 Å². The third-order valence-corrected chi connectivity index (χ3v) is 5.59. The van der Waals surface area contributed by atoms with E-state index in [1.54, 1.807) is 39.0 Å². The van der Waals surface area contributed by atoms with Crippen LogP contribution in [-0.2, 0) is 9.53 Å². The molecule has 0 bridgehead atoms. The van der Waals surface area contributed by atoms with Gasteiger partial charge in [-0.25, -0.2) is 9.59 Å². The first kappa shape index (κ1) is 21.0. The minimum atomic E-state index is -0.669. The van der Waals surface area contributed by atoms with Crippen LogP contribution in [0.2, 0.25) is 0 Å². The molecule has 29 heavy (non-hydrogen) atoms. The van der Waals surface area contributed by atoms with Crippen molar-refractivity contribution in [3.05, 3.63) is 45.4 Å². The summed E-state index contributed by atoms with van der Waals surface area (Å²) >= 11 is 3.25. The van der Waals surface area contributed by atoms with Gasteiger partial charge >= 0.3 is 17.6 Å². The molecule has 0 saturated carbocycles. The lowest BCUT2D eigenvalue weighted by atomic mass is 10.0. The van der Waals surface area contributed by atoms with Crippen molar-refractivity contribution >= 4 is 49.7 Å². The Morgan fingerprint density at radius 2 is 1.97 bits per heavy atom. The second-order valence-electron chi connectivity index (χ2n) is 6.46. The topological polar surface area (TPSA) is 95.7 Å². The van der Waals surface area contributed by atoms with Crippen molar-refractivity contribution < 1.29 is 23.5 Å². The van der Waals surface area contributed by atoms with E-state index in [4.69, 9.17) is 13.9 Å². The lowest BCUT2D eigenvalue weighted by Gasteiger charge is -2.13. The number of aromatic nitrogens is 1. The number of carbonyl (C=O) groups excluding carboxylic acids is 2. The molecule has 1 atom stereocenters. The Kier molecular flexibility index (Phi) is 6.02. The van der Waals surface area contributed by atoms with E-state index >= 15 is 0 Å². The molecule has 0 N–H and O–H groups in total. The van der Waals surface area contributed by atoms with Crippen molar-refractivity contribution in [3.63, 3.8) is 0 Å². The molecule has 0 fully saturated rings. The van der Waals surface area contributed by atoms with Gasteiger partial charge in [0, 0.05) is 5.39 Å². The van der Waals surface area contributed by atoms with Crippen LogP contribution in [0.4, 0.5) is 0 Å². The Balaban J connectivity index is 2.28. The molecular formula is C21H20BrNO6. The summed E-state index contributed by atoms with van der Waals surface area (Å²) in [7, 11) is 0. The van der Waals surface area contributed by atoms with Gasteiger partial charge < -0.3 is 13.9 Å². The fourth-order valence-corrected chi connectivity index (χ4v) is 3.27. The number of esters is 2. The van der Waals surface area contributed by atoms with Gasteiger partial charge in [-0.2, -0.15) is 0 Å². The molecule has 1 unspecified atom stereocenters. The average Bonchev–Trinajstić information content (AvgIpc) is 2.67. The number of carbonyl (C=O) groups is 2. The highest BCUT2D eigenvalue weighted by Gasteiger charge is 2.23. The SMILES string of the molecule is CCOC(=O)c1c(C)nc2c(c1C)c(=O)oc1c(OC(=O)C(Br)CC)cccc12. The summed E-state index contributed by atoms with van der Waals surface area (Å²) in [4.78, 5) is 41.3. The monoisotopic (exact) mass is 461 g/mol. The standard InChI is InChI=1S/C21H20BrNO6/c1-5-13(22)19(24)28-14-9-7-8-12-17-16(21(26)29-18(12)14)10(3)15(11(4)23-17)20(25)27-6-2/h7-9,13H,5-6H2,1-4H3. The highest BCUT2D eigenvalue weighted by Crippen LogP contribution is 2.32. The minimum Gasteiger partial charge on any atom is -0.462 e. The molecule has 0 spiro atoms. The maximum absolute atomic E-state index is 12.8. The maximum atomic E-state index is 12.8. The molecule has 0 saturated heterocycles. The van der Waals surface area contributed by atoms with Crippen LogP contribution < -0.4 is 10.4 Å². The smallest absolute Gasteiger partial charge is 0.346 e. The summed E-state index contributed by atoms with van der Waals surface area (Å²) in [5.74, 6) is -0.890. The molecule has 8 heteroatoms. The number of alkyl halides is 1. The van der Waals surface area contributed by atoms with E-state index in [1.807, 2.05) is 6.92 Å². The van der Waals surface area contributed by atoms with Crippen molar-refractivity contribution in [2.24, 2.45) is 0 Å². The minimum absolute atomic E-state index is 0.129. The Morgan fingerprint density at radius 1 is 1.24 bits per heavy atom. The van der Waals surface area contributed by atoms with Gasteiger partial charge in [0.1, 0.15) is 4.83 Å². The quantitative estimate of drug-likeness (QED) is 0.184. The molecule has 0 amide bonds. The number of ether oxygens (including phenoxy) is 2. The number of aryl methyl sites for hydroxylation is 2. The van der Waals surface area contributed by atoms with Crippen LogP contribution >= 0.6 is 15.9 Å². The van der Waals surface area contributed by atoms with Crippen LogP contribution in [0.25, 0.3) is 21.9 Å². The fourth-order valence-electron chi connectivity index (χ4n) is 3.17. The van der Waals surface area contributed by atoms with E-state index in [0.717, 1.165) is 0 Å². The van der Waals surface area contributed by atoms with Gasteiger partial charge in [-0.3, -0.25) is 9.78 Å². The highest BCUT2D eigenvalue weighted by molar-refractivity contribution is 9.10. The van der Waals surface area contributed by atoms with Crippen molar-refractivity contribution in [1.82, 2.24) is 4.98 Å². The van der Waals surface area contributed by atoms with E-state index in [-0.39, 0.29) is 28.9 Å². The largest absolute Gasteiger partial charge is 0.462 e. The number of pyridine rings is 1. The van der Waals surface area contributed by atoms with Gasteiger partial charge in [0.05, 0.1) is 28.8 Å². The summed E-state index contributed by atoms with van der Waals surface area (Å²) in [6.07, 6.45) is 0.549. The first-order chi connectivity index (χ1) is 13.8. The maximum Gasteiger partial charge on any atom is 0.346 e. The Hall–Kier alpha value is -2.74. The predicted octanol–water partition coefficient (Wildman–Crippen LogP) is 4.21. The number of hydrogen-bond donors (Lipinski definition) is 0. The van der Waals surface area contributed by atoms with Gasteiger partial charge in [-0.15, -0.1) is 0 Å². The van der Waals surface area contributed by atoms with Crippen LogP contribution in [0, 0.1) is 13.8 Å². The average molecular weight is 462 g/mol. The van der Waals surface area contributed by atoms with Crippen LogP contribution in [0.1, 0.15) is 41.9 Å². The Labute approximate surface area is 175 Å². The molecule has 7 nitrogen and oxygen atoms in total. The lowest BCUT2D eigenvalue weighted by molar-refractivity contribution is -0.133. The van der Waals surface area contributed by atoms with E-state index in [2.05, 4.69) is 20.9 Å². The molecule has 3 aromatic rings. The summed E-state index contributed by atoms with van der Waals surface area (Å²) in [6, 6.07) is 4.96. The number of halogens is 1. The second kappa shape index (κ2) is 8.32. The third-order valence-electron chi connectivity index (χ3n) is 4.57. The van der Waals surface area contributed by atoms with Crippen molar-refractivity contribution in [2.75, 3.05) is 6.61 Å². The van der Waals surface area contributed by atoms with Gasteiger partial charge in [-0.05, 0) is 44.9 Å². The van der Waals surface area contributed by atoms with Gasteiger partial charge in [0.2, 0.25) is 0 Å². The normalized spacial score (nSPS) is 12.2. The molecule has 2 aromatic heterocycles. The molecular weight excluding hydrogens is 442 g/mol. The molecule has 0 radical (unpaired) electrons. The van der Waals surface area contributed by atoms with E-state index in [9.17, 15) is 14.4 Å². The van der Waals surface area contributed by atoms with Crippen molar-refractivity contribution in [3.8, 4) is 5.75 Å². The molecule has 0 aliphatic carbocycles. The van der Waals surface area contributed by atoms with Gasteiger partial charge in [0.25, 0.3) is 0 Å². The van der Waals surface area contributed by atoms with Crippen LogP contribution in [-0.4, -0.2) is 28.4 Å². The number of hydrogen-bond acceptors (Lipinski definition) is 7. The summed E-state index contributed by atoms with van der Waals surface area (Å²) in [5, 5.41) is 0.704. The number of fused-ring (bicyclic) bond motifs is 3. The zero-order chi connectivity index (χ0) is 21.3. The predicted molar refractivity (Wildman–Crippen MR) is 112 cm³/mol. The van der Waals surface area contributed by atoms with Crippen LogP contribution in [0.15, 0.2) is 27.4 Å². The number of benzene rings is 1. The molecule has 152 valence electrons.